The van der Waals surface area contributed by atoms with E-state index in [0.717, 1.165) is 12.0 Å². The molecule has 0 spiro atoms. The zero-order valence-electron chi connectivity index (χ0n) is 12.8. The van der Waals surface area contributed by atoms with Gasteiger partial charge in [-0.3, -0.25) is 0 Å². The minimum atomic E-state index is 0.365. The summed E-state index contributed by atoms with van der Waals surface area (Å²) in [6.07, 6.45) is 11.0. The van der Waals surface area contributed by atoms with Gasteiger partial charge in [0.2, 0.25) is 0 Å². The van der Waals surface area contributed by atoms with Crippen molar-refractivity contribution in [2.75, 3.05) is 13.1 Å². The molecule has 1 fully saturated rings. The minimum Gasteiger partial charge on any atom is -0.328 e. The van der Waals surface area contributed by atoms with E-state index in [9.17, 15) is 0 Å². The molecular formula is C16H34N2. The van der Waals surface area contributed by atoms with Crippen LogP contribution >= 0.6 is 0 Å². The number of rotatable bonds is 8. The SMILES string of the molecule is CCCCCCCC(C)N1CCCC(C(C)N)C1. The number of hydrogen-bond acceptors (Lipinski definition) is 2. The van der Waals surface area contributed by atoms with Crippen LogP contribution < -0.4 is 5.73 Å². The van der Waals surface area contributed by atoms with Crippen LogP contribution in [-0.2, 0) is 0 Å². The lowest BCUT2D eigenvalue weighted by molar-refractivity contribution is 0.115. The van der Waals surface area contributed by atoms with E-state index in [-0.39, 0.29) is 0 Å². The van der Waals surface area contributed by atoms with Gasteiger partial charge in [0.25, 0.3) is 0 Å². The van der Waals surface area contributed by atoms with E-state index in [1.165, 1.54) is 64.5 Å². The van der Waals surface area contributed by atoms with E-state index in [1.54, 1.807) is 0 Å². The standard InChI is InChI=1S/C16H34N2/c1-4-5-6-7-8-10-14(2)18-12-9-11-16(13-18)15(3)17/h14-16H,4-13,17H2,1-3H3. The summed E-state index contributed by atoms with van der Waals surface area (Å²) in [7, 11) is 0. The highest BCUT2D eigenvalue weighted by atomic mass is 15.2. The Bertz CT molecular complexity index is 203. The molecule has 1 aliphatic heterocycles. The van der Waals surface area contributed by atoms with Crippen molar-refractivity contribution in [1.82, 2.24) is 4.90 Å². The number of likely N-dealkylation sites (tertiary alicyclic amines) is 1. The van der Waals surface area contributed by atoms with Crippen LogP contribution in [0.4, 0.5) is 0 Å². The molecule has 0 radical (unpaired) electrons. The molecule has 2 N–H and O–H groups in total. The molecule has 1 heterocycles. The van der Waals surface area contributed by atoms with Crippen LogP contribution in [0, 0.1) is 5.92 Å². The van der Waals surface area contributed by atoms with Crippen LogP contribution in [-0.4, -0.2) is 30.1 Å². The number of nitrogens with zero attached hydrogens (tertiary/aromatic N) is 1. The van der Waals surface area contributed by atoms with Gasteiger partial charge in [0.1, 0.15) is 0 Å². The normalized spacial score (nSPS) is 25.0. The third-order valence-corrected chi connectivity index (χ3v) is 4.58. The minimum absolute atomic E-state index is 0.365. The molecule has 18 heavy (non-hydrogen) atoms. The predicted molar refractivity (Wildman–Crippen MR) is 80.8 cm³/mol. The van der Waals surface area contributed by atoms with Gasteiger partial charge < -0.3 is 10.6 Å². The van der Waals surface area contributed by atoms with Gasteiger partial charge in [0.05, 0.1) is 0 Å². The molecule has 0 aliphatic carbocycles. The topological polar surface area (TPSA) is 29.3 Å². The van der Waals surface area contributed by atoms with E-state index in [0.29, 0.717) is 6.04 Å². The van der Waals surface area contributed by atoms with Crippen molar-refractivity contribution in [3.8, 4) is 0 Å². The third-order valence-electron chi connectivity index (χ3n) is 4.58. The maximum absolute atomic E-state index is 6.06. The molecule has 1 aliphatic rings. The molecule has 1 saturated heterocycles. The summed E-state index contributed by atoms with van der Waals surface area (Å²) in [5, 5.41) is 0. The van der Waals surface area contributed by atoms with Crippen LogP contribution in [0.3, 0.4) is 0 Å². The molecule has 0 aromatic heterocycles. The molecular weight excluding hydrogens is 220 g/mol. The molecule has 2 nitrogen and oxygen atoms in total. The van der Waals surface area contributed by atoms with E-state index in [2.05, 4.69) is 25.7 Å². The monoisotopic (exact) mass is 254 g/mol. The van der Waals surface area contributed by atoms with E-state index in [4.69, 9.17) is 5.73 Å². The fraction of sp³-hybridized carbons (Fsp3) is 1.00. The lowest BCUT2D eigenvalue weighted by Crippen LogP contribution is -2.45. The molecule has 0 aromatic rings. The van der Waals surface area contributed by atoms with Crippen LogP contribution in [0.5, 0.6) is 0 Å². The second-order valence-corrected chi connectivity index (χ2v) is 6.31. The van der Waals surface area contributed by atoms with Crippen molar-refractivity contribution >= 4 is 0 Å². The molecule has 2 heteroatoms. The quantitative estimate of drug-likeness (QED) is 0.668. The van der Waals surface area contributed by atoms with Gasteiger partial charge in [-0.2, -0.15) is 0 Å². The van der Waals surface area contributed by atoms with Crippen molar-refractivity contribution in [3.05, 3.63) is 0 Å². The Hall–Kier alpha value is -0.0800. The number of unbranched alkanes of at least 4 members (excludes halogenated alkanes) is 4. The first kappa shape index (κ1) is 16.0. The second-order valence-electron chi connectivity index (χ2n) is 6.31. The zero-order chi connectivity index (χ0) is 13.4. The second kappa shape index (κ2) is 8.92. The van der Waals surface area contributed by atoms with Gasteiger partial charge in [0.15, 0.2) is 0 Å². The lowest BCUT2D eigenvalue weighted by Gasteiger charge is -2.38. The Morgan fingerprint density at radius 1 is 1.17 bits per heavy atom. The van der Waals surface area contributed by atoms with Gasteiger partial charge in [-0.25, -0.2) is 0 Å². The molecule has 0 amide bonds. The first-order chi connectivity index (χ1) is 8.65. The summed E-state index contributed by atoms with van der Waals surface area (Å²) in [5.41, 5.74) is 6.06. The summed E-state index contributed by atoms with van der Waals surface area (Å²) >= 11 is 0. The molecule has 0 saturated carbocycles. The van der Waals surface area contributed by atoms with Gasteiger partial charge in [0, 0.05) is 18.6 Å². The van der Waals surface area contributed by atoms with Gasteiger partial charge in [-0.1, -0.05) is 39.0 Å². The van der Waals surface area contributed by atoms with Crippen molar-refractivity contribution in [1.29, 1.82) is 0 Å². The Morgan fingerprint density at radius 3 is 2.56 bits per heavy atom. The first-order valence-electron chi connectivity index (χ1n) is 8.14. The molecule has 0 aromatic carbocycles. The summed E-state index contributed by atoms with van der Waals surface area (Å²) in [6.45, 7) is 9.38. The van der Waals surface area contributed by atoms with E-state index in [1.807, 2.05) is 0 Å². The highest BCUT2D eigenvalue weighted by Gasteiger charge is 2.25. The number of hydrogen-bond donors (Lipinski definition) is 1. The van der Waals surface area contributed by atoms with Crippen LogP contribution in [0.15, 0.2) is 0 Å². The Kier molecular flexibility index (Phi) is 7.92. The van der Waals surface area contributed by atoms with Gasteiger partial charge in [-0.15, -0.1) is 0 Å². The largest absolute Gasteiger partial charge is 0.328 e. The first-order valence-corrected chi connectivity index (χ1v) is 8.14. The Balaban J connectivity index is 2.18. The van der Waals surface area contributed by atoms with Crippen LogP contribution in [0.2, 0.25) is 0 Å². The summed E-state index contributed by atoms with van der Waals surface area (Å²) in [4.78, 5) is 2.68. The smallest absolute Gasteiger partial charge is 0.00670 e. The molecule has 1 rings (SSSR count). The van der Waals surface area contributed by atoms with E-state index >= 15 is 0 Å². The van der Waals surface area contributed by atoms with Crippen molar-refractivity contribution in [3.63, 3.8) is 0 Å². The summed E-state index contributed by atoms with van der Waals surface area (Å²) < 4.78 is 0. The van der Waals surface area contributed by atoms with E-state index < -0.39 is 0 Å². The van der Waals surface area contributed by atoms with Crippen LogP contribution in [0.1, 0.15) is 72.1 Å². The average molecular weight is 254 g/mol. The molecule has 0 bridgehead atoms. The highest BCUT2D eigenvalue weighted by molar-refractivity contribution is 4.81. The van der Waals surface area contributed by atoms with Crippen molar-refractivity contribution < 1.29 is 0 Å². The third kappa shape index (κ3) is 5.71. The zero-order valence-corrected chi connectivity index (χ0v) is 12.8. The molecule has 3 unspecified atom stereocenters. The fourth-order valence-electron chi connectivity index (χ4n) is 3.10. The van der Waals surface area contributed by atoms with Gasteiger partial charge >= 0.3 is 0 Å². The number of piperidine rings is 1. The van der Waals surface area contributed by atoms with Gasteiger partial charge in [-0.05, 0) is 45.6 Å². The summed E-state index contributed by atoms with van der Waals surface area (Å²) in [5.74, 6) is 0.723. The fourth-order valence-corrected chi connectivity index (χ4v) is 3.10. The lowest BCUT2D eigenvalue weighted by atomic mass is 9.91. The Morgan fingerprint density at radius 2 is 1.89 bits per heavy atom. The van der Waals surface area contributed by atoms with Crippen LogP contribution in [0.25, 0.3) is 0 Å². The Labute approximate surface area is 114 Å². The number of nitrogens with two attached hydrogens (primary N) is 1. The maximum Gasteiger partial charge on any atom is 0.00670 e. The highest BCUT2D eigenvalue weighted by Crippen LogP contribution is 2.22. The average Bonchev–Trinajstić information content (AvgIpc) is 2.38. The van der Waals surface area contributed by atoms with Crippen molar-refractivity contribution in [2.45, 2.75) is 84.2 Å². The predicted octanol–water partition coefficient (Wildman–Crippen LogP) is 3.79. The molecule has 3 atom stereocenters. The van der Waals surface area contributed by atoms with Crippen molar-refractivity contribution in [2.24, 2.45) is 11.7 Å². The summed E-state index contributed by atoms with van der Waals surface area (Å²) in [6, 6.07) is 1.12. The molecule has 108 valence electrons. The maximum atomic E-state index is 6.06.